The quantitative estimate of drug-likeness (QED) is 0.793. The van der Waals surface area contributed by atoms with Crippen LogP contribution in [0.1, 0.15) is 34.1 Å². The SMILES string of the molecule is CNC(C)(C#N)CN1CCC(C(C)(C)C)C1. The van der Waals surface area contributed by atoms with Crippen LogP contribution in [0, 0.1) is 22.7 Å². The van der Waals surface area contributed by atoms with Crippen molar-refractivity contribution in [2.24, 2.45) is 11.3 Å². The highest BCUT2D eigenvalue weighted by atomic mass is 15.2. The lowest BCUT2D eigenvalue weighted by atomic mass is 9.80. The van der Waals surface area contributed by atoms with Gasteiger partial charge in [0.2, 0.25) is 0 Å². The topological polar surface area (TPSA) is 39.1 Å². The third kappa shape index (κ3) is 3.20. The summed E-state index contributed by atoms with van der Waals surface area (Å²) in [6.45, 7) is 12.0. The number of nitrogens with zero attached hydrogens (tertiary/aromatic N) is 2. The van der Waals surface area contributed by atoms with Crippen LogP contribution in [0.5, 0.6) is 0 Å². The molecule has 1 aliphatic rings. The molecule has 2 atom stereocenters. The van der Waals surface area contributed by atoms with Crippen LogP contribution in [-0.4, -0.2) is 37.1 Å². The van der Waals surface area contributed by atoms with Gasteiger partial charge in [-0.05, 0) is 38.3 Å². The van der Waals surface area contributed by atoms with Gasteiger partial charge in [-0.3, -0.25) is 0 Å². The van der Waals surface area contributed by atoms with E-state index in [2.05, 4.69) is 37.1 Å². The Labute approximate surface area is 99.8 Å². The molecule has 0 amide bonds. The Balaban J connectivity index is 2.52. The van der Waals surface area contributed by atoms with E-state index in [1.165, 1.54) is 6.42 Å². The molecular weight excluding hydrogens is 198 g/mol. The van der Waals surface area contributed by atoms with Gasteiger partial charge in [0.05, 0.1) is 6.07 Å². The zero-order chi connectivity index (χ0) is 12.4. The molecule has 16 heavy (non-hydrogen) atoms. The smallest absolute Gasteiger partial charge is 0.116 e. The van der Waals surface area contributed by atoms with Crippen molar-refractivity contribution in [3.05, 3.63) is 0 Å². The van der Waals surface area contributed by atoms with E-state index in [9.17, 15) is 0 Å². The summed E-state index contributed by atoms with van der Waals surface area (Å²) >= 11 is 0. The lowest BCUT2D eigenvalue weighted by Gasteiger charge is -2.30. The van der Waals surface area contributed by atoms with Gasteiger partial charge in [0, 0.05) is 13.1 Å². The molecule has 1 saturated heterocycles. The molecule has 0 aromatic carbocycles. The molecule has 0 aromatic heterocycles. The zero-order valence-electron chi connectivity index (χ0n) is 11.3. The molecule has 3 heteroatoms. The minimum absolute atomic E-state index is 0.386. The second-order valence-corrected chi connectivity index (χ2v) is 6.28. The van der Waals surface area contributed by atoms with E-state index >= 15 is 0 Å². The van der Waals surface area contributed by atoms with E-state index in [0.717, 1.165) is 25.6 Å². The van der Waals surface area contributed by atoms with Crippen molar-refractivity contribution in [1.82, 2.24) is 10.2 Å². The first-order valence-corrected chi connectivity index (χ1v) is 6.13. The van der Waals surface area contributed by atoms with E-state index in [1.54, 1.807) is 0 Å². The lowest BCUT2D eigenvalue weighted by Crippen LogP contribution is -2.48. The summed E-state index contributed by atoms with van der Waals surface area (Å²) in [7, 11) is 1.86. The normalized spacial score (nSPS) is 26.4. The summed E-state index contributed by atoms with van der Waals surface area (Å²) in [4.78, 5) is 2.41. The largest absolute Gasteiger partial charge is 0.302 e. The van der Waals surface area contributed by atoms with Crippen LogP contribution in [-0.2, 0) is 0 Å². The van der Waals surface area contributed by atoms with E-state index < -0.39 is 5.54 Å². The second-order valence-electron chi connectivity index (χ2n) is 6.28. The average molecular weight is 223 g/mol. The summed E-state index contributed by atoms with van der Waals surface area (Å²) in [6.07, 6.45) is 1.26. The second kappa shape index (κ2) is 4.73. The van der Waals surface area contributed by atoms with Gasteiger partial charge in [0.15, 0.2) is 0 Å². The first-order valence-electron chi connectivity index (χ1n) is 6.13. The fraction of sp³-hybridized carbons (Fsp3) is 0.923. The van der Waals surface area contributed by atoms with E-state index in [1.807, 2.05) is 14.0 Å². The van der Waals surface area contributed by atoms with Crippen LogP contribution >= 0.6 is 0 Å². The maximum absolute atomic E-state index is 9.13. The fourth-order valence-corrected chi connectivity index (χ4v) is 2.30. The number of hydrogen-bond donors (Lipinski definition) is 1. The summed E-state index contributed by atoms with van der Waals surface area (Å²) in [5, 5.41) is 12.2. The third-order valence-electron chi connectivity index (χ3n) is 3.84. The van der Waals surface area contributed by atoms with Crippen molar-refractivity contribution in [3.63, 3.8) is 0 Å². The van der Waals surface area contributed by atoms with Gasteiger partial charge in [-0.25, -0.2) is 0 Å². The highest BCUT2D eigenvalue weighted by Gasteiger charge is 2.34. The van der Waals surface area contributed by atoms with Gasteiger partial charge < -0.3 is 10.2 Å². The minimum atomic E-state index is -0.410. The number of nitriles is 1. The molecule has 0 spiro atoms. The number of nitrogens with one attached hydrogen (secondary N) is 1. The summed E-state index contributed by atoms with van der Waals surface area (Å²) in [6, 6.07) is 2.36. The number of hydrogen-bond acceptors (Lipinski definition) is 3. The van der Waals surface area contributed by atoms with Crippen molar-refractivity contribution < 1.29 is 0 Å². The number of likely N-dealkylation sites (tertiary alicyclic amines) is 1. The molecule has 0 bridgehead atoms. The Morgan fingerprint density at radius 3 is 2.38 bits per heavy atom. The van der Waals surface area contributed by atoms with Crippen LogP contribution in [0.15, 0.2) is 0 Å². The van der Waals surface area contributed by atoms with Crippen LogP contribution in [0.3, 0.4) is 0 Å². The maximum Gasteiger partial charge on any atom is 0.116 e. The third-order valence-corrected chi connectivity index (χ3v) is 3.84. The van der Waals surface area contributed by atoms with Crippen molar-refractivity contribution in [1.29, 1.82) is 5.26 Å². The van der Waals surface area contributed by atoms with Crippen LogP contribution < -0.4 is 5.32 Å². The Kier molecular flexibility index (Phi) is 3.98. The molecule has 1 fully saturated rings. The van der Waals surface area contributed by atoms with Crippen LogP contribution in [0.4, 0.5) is 0 Å². The Hall–Kier alpha value is -0.590. The van der Waals surface area contributed by atoms with E-state index in [4.69, 9.17) is 5.26 Å². The number of rotatable bonds is 3. The van der Waals surface area contributed by atoms with E-state index in [-0.39, 0.29) is 0 Å². The zero-order valence-corrected chi connectivity index (χ0v) is 11.3. The highest BCUT2D eigenvalue weighted by Crippen LogP contribution is 2.33. The molecule has 3 nitrogen and oxygen atoms in total. The standard InChI is InChI=1S/C13H25N3/c1-12(2,3)11-6-7-16(8-11)10-13(4,9-14)15-5/h11,15H,6-8,10H2,1-5H3. The molecule has 0 radical (unpaired) electrons. The predicted octanol–water partition coefficient (Wildman–Crippen LogP) is 1.86. The molecule has 0 aliphatic carbocycles. The van der Waals surface area contributed by atoms with Gasteiger partial charge in [-0.2, -0.15) is 5.26 Å². The first-order chi connectivity index (χ1) is 7.30. The molecular formula is C13H25N3. The van der Waals surface area contributed by atoms with Crippen molar-refractivity contribution >= 4 is 0 Å². The molecule has 1 heterocycles. The molecule has 1 rings (SSSR count). The van der Waals surface area contributed by atoms with Gasteiger partial charge in [-0.15, -0.1) is 0 Å². The van der Waals surface area contributed by atoms with Gasteiger partial charge >= 0.3 is 0 Å². The monoisotopic (exact) mass is 223 g/mol. The Morgan fingerprint density at radius 2 is 2.00 bits per heavy atom. The lowest BCUT2D eigenvalue weighted by molar-refractivity contribution is 0.211. The first kappa shape index (κ1) is 13.5. The van der Waals surface area contributed by atoms with Crippen LogP contribution in [0.2, 0.25) is 0 Å². The minimum Gasteiger partial charge on any atom is -0.302 e. The average Bonchev–Trinajstić information content (AvgIpc) is 2.65. The fourth-order valence-electron chi connectivity index (χ4n) is 2.30. The molecule has 92 valence electrons. The van der Waals surface area contributed by atoms with Crippen molar-refractivity contribution in [2.45, 2.75) is 39.7 Å². The predicted molar refractivity (Wildman–Crippen MR) is 67.1 cm³/mol. The molecule has 2 unspecified atom stereocenters. The van der Waals surface area contributed by atoms with Gasteiger partial charge in [0.25, 0.3) is 0 Å². The molecule has 0 aromatic rings. The Morgan fingerprint density at radius 1 is 1.38 bits per heavy atom. The summed E-state index contributed by atoms with van der Waals surface area (Å²) < 4.78 is 0. The van der Waals surface area contributed by atoms with Crippen molar-refractivity contribution in [2.75, 3.05) is 26.7 Å². The summed E-state index contributed by atoms with van der Waals surface area (Å²) in [5.74, 6) is 0.757. The summed E-state index contributed by atoms with van der Waals surface area (Å²) in [5.41, 5.74) is -0.0236. The van der Waals surface area contributed by atoms with Gasteiger partial charge in [-0.1, -0.05) is 20.8 Å². The van der Waals surface area contributed by atoms with E-state index in [0.29, 0.717) is 5.41 Å². The molecule has 1 N–H and O–H groups in total. The van der Waals surface area contributed by atoms with Crippen LogP contribution in [0.25, 0.3) is 0 Å². The molecule has 1 aliphatic heterocycles. The highest BCUT2D eigenvalue weighted by molar-refractivity contribution is 5.05. The maximum atomic E-state index is 9.13. The molecule has 0 saturated carbocycles. The van der Waals surface area contributed by atoms with Gasteiger partial charge in [0.1, 0.15) is 5.54 Å². The number of likely N-dealkylation sites (N-methyl/N-ethyl adjacent to an activating group) is 1. The Bertz CT molecular complexity index is 274. The van der Waals surface area contributed by atoms with Crippen molar-refractivity contribution in [3.8, 4) is 6.07 Å².